The molecule has 0 aromatic carbocycles. The summed E-state index contributed by atoms with van der Waals surface area (Å²) in [5, 5.41) is 9.64. The molecular weight excluding hydrogens is 306 g/mol. The second-order valence-electron chi connectivity index (χ2n) is 6.68. The zero-order valence-corrected chi connectivity index (χ0v) is 14.4. The van der Waals surface area contributed by atoms with Crippen LogP contribution in [0.2, 0.25) is 0 Å². The summed E-state index contributed by atoms with van der Waals surface area (Å²) < 4.78 is 0. The van der Waals surface area contributed by atoms with Crippen molar-refractivity contribution in [3.8, 4) is 0 Å². The Morgan fingerprint density at radius 1 is 1.21 bits per heavy atom. The molecule has 0 radical (unpaired) electrons. The van der Waals surface area contributed by atoms with E-state index in [2.05, 4.69) is 20.4 Å². The van der Waals surface area contributed by atoms with Crippen LogP contribution in [0.4, 0.5) is 0 Å². The molecule has 2 amide bonds. The first-order valence-electron chi connectivity index (χ1n) is 8.97. The topological polar surface area (TPSA) is 81.3 Å². The molecule has 0 spiro atoms. The minimum absolute atomic E-state index is 0.182. The molecule has 2 aliphatic heterocycles. The van der Waals surface area contributed by atoms with Gasteiger partial charge in [-0.2, -0.15) is 5.10 Å². The van der Waals surface area contributed by atoms with E-state index >= 15 is 0 Å². The lowest BCUT2D eigenvalue weighted by atomic mass is 10.0. The maximum Gasteiger partial charge on any atom is 0.271 e. The van der Waals surface area contributed by atoms with Gasteiger partial charge in [0, 0.05) is 44.2 Å². The molecule has 3 heterocycles. The molecule has 0 aliphatic carbocycles. The quantitative estimate of drug-likeness (QED) is 0.839. The van der Waals surface area contributed by atoms with Crippen LogP contribution in [0.15, 0.2) is 0 Å². The van der Waals surface area contributed by atoms with Crippen molar-refractivity contribution in [2.24, 2.45) is 0 Å². The van der Waals surface area contributed by atoms with Gasteiger partial charge in [0.05, 0.1) is 0 Å². The number of hydrogen-bond acceptors (Lipinski definition) is 4. The highest BCUT2D eigenvalue weighted by Crippen LogP contribution is 2.21. The zero-order chi connectivity index (χ0) is 16.9. The molecule has 0 unspecified atom stereocenters. The summed E-state index contributed by atoms with van der Waals surface area (Å²) in [6.07, 6.45) is 6.13. The summed E-state index contributed by atoms with van der Waals surface area (Å²) in [6.45, 7) is 4.54. The molecule has 0 bridgehead atoms. The number of carbonyl (C=O) groups excluding carboxylic acids is 2. The van der Waals surface area contributed by atoms with E-state index in [1.165, 1.54) is 32.4 Å². The van der Waals surface area contributed by atoms with Gasteiger partial charge in [0.15, 0.2) is 5.69 Å². The van der Waals surface area contributed by atoms with Gasteiger partial charge in [-0.1, -0.05) is 6.42 Å². The first-order chi connectivity index (χ1) is 11.7. The van der Waals surface area contributed by atoms with Gasteiger partial charge in [0.25, 0.3) is 5.91 Å². The summed E-state index contributed by atoms with van der Waals surface area (Å²) in [5.74, 6) is -0.0198. The third-order valence-electron chi connectivity index (χ3n) is 5.04. The molecule has 24 heavy (non-hydrogen) atoms. The predicted molar refractivity (Wildman–Crippen MR) is 90.6 cm³/mol. The van der Waals surface area contributed by atoms with Gasteiger partial charge in [-0.15, -0.1) is 0 Å². The van der Waals surface area contributed by atoms with Crippen molar-refractivity contribution < 1.29 is 9.59 Å². The molecule has 0 atom stereocenters. The molecule has 132 valence electrons. The third kappa shape index (κ3) is 3.77. The molecule has 7 nitrogen and oxygen atoms in total. The minimum Gasteiger partial charge on any atom is -0.354 e. The number of nitrogens with one attached hydrogen (secondary N) is 2. The summed E-state index contributed by atoms with van der Waals surface area (Å²) in [4.78, 5) is 28.7. The van der Waals surface area contributed by atoms with Crippen LogP contribution < -0.4 is 5.32 Å². The summed E-state index contributed by atoms with van der Waals surface area (Å²) in [5.41, 5.74) is 2.26. The number of fused-ring (bicyclic) bond motifs is 1. The highest BCUT2D eigenvalue weighted by atomic mass is 16.2. The van der Waals surface area contributed by atoms with Gasteiger partial charge in [-0.05, 0) is 38.9 Å². The number of H-pyrrole nitrogens is 1. The van der Waals surface area contributed by atoms with Crippen LogP contribution in [-0.2, 0) is 17.8 Å². The second kappa shape index (κ2) is 7.79. The van der Waals surface area contributed by atoms with Crippen molar-refractivity contribution in [1.29, 1.82) is 0 Å². The molecule has 1 fully saturated rings. The lowest BCUT2D eigenvalue weighted by Gasteiger charge is -2.28. The second-order valence-corrected chi connectivity index (χ2v) is 6.68. The Balaban J connectivity index is 1.51. The molecule has 1 aromatic rings. The van der Waals surface area contributed by atoms with Crippen molar-refractivity contribution in [3.63, 3.8) is 0 Å². The largest absolute Gasteiger partial charge is 0.354 e. The van der Waals surface area contributed by atoms with Crippen molar-refractivity contribution >= 4 is 11.8 Å². The fourth-order valence-electron chi connectivity index (χ4n) is 3.61. The van der Waals surface area contributed by atoms with Crippen LogP contribution >= 0.6 is 0 Å². The van der Waals surface area contributed by atoms with E-state index in [9.17, 15) is 9.59 Å². The number of nitrogens with zero attached hydrogens (tertiary/aromatic N) is 3. The first-order valence-corrected chi connectivity index (χ1v) is 8.97. The maximum absolute atomic E-state index is 12.5. The van der Waals surface area contributed by atoms with Gasteiger partial charge in [-0.3, -0.25) is 14.7 Å². The summed E-state index contributed by atoms with van der Waals surface area (Å²) in [6, 6.07) is 0. The fourth-order valence-corrected chi connectivity index (χ4v) is 3.61. The molecule has 3 rings (SSSR count). The van der Waals surface area contributed by atoms with Gasteiger partial charge in [0.1, 0.15) is 0 Å². The predicted octanol–water partition coefficient (Wildman–Crippen LogP) is 0.920. The Morgan fingerprint density at radius 3 is 2.75 bits per heavy atom. The fraction of sp³-hybridized carbons (Fsp3) is 0.706. The number of likely N-dealkylation sites (tertiary alicyclic amines) is 1. The van der Waals surface area contributed by atoms with Crippen molar-refractivity contribution in [3.05, 3.63) is 17.0 Å². The molecule has 7 heteroatoms. The number of carbonyl (C=O) groups is 2. The van der Waals surface area contributed by atoms with Crippen molar-refractivity contribution in [1.82, 2.24) is 25.3 Å². The first kappa shape index (κ1) is 17.0. The number of rotatable bonds is 5. The van der Waals surface area contributed by atoms with Crippen LogP contribution in [0.5, 0.6) is 0 Å². The number of aromatic amines is 1. The summed E-state index contributed by atoms with van der Waals surface area (Å²) >= 11 is 0. The van der Waals surface area contributed by atoms with Crippen LogP contribution in [0, 0.1) is 0 Å². The Labute approximate surface area is 142 Å². The highest BCUT2D eigenvalue weighted by Gasteiger charge is 2.27. The van der Waals surface area contributed by atoms with Gasteiger partial charge in [0.2, 0.25) is 5.91 Å². The third-order valence-corrected chi connectivity index (χ3v) is 5.04. The molecule has 2 N–H and O–H groups in total. The standard InChI is InChI=1S/C17H27N5O2/c1-18-17(24)16-13-12-22(11-7-14(13)19-20-16)15(23)6-5-10-21-8-3-2-4-9-21/h2-12H2,1H3,(H,18,24)(H,19,20). The maximum atomic E-state index is 12.5. The van der Waals surface area contributed by atoms with E-state index in [4.69, 9.17) is 0 Å². The van der Waals surface area contributed by atoms with E-state index in [-0.39, 0.29) is 11.8 Å². The van der Waals surface area contributed by atoms with Gasteiger partial charge < -0.3 is 15.1 Å². The van der Waals surface area contributed by atoms with E-state index in [0.29, 0.717) is 25.2 Å². The van der Waals surface area contributed by atoms with E-state index < -0.39 is 0 Å². The molecule has 0 saturated carbocycles. The van der Waals surface area contributed by atoms with Crippen LogP contribution in [0.1, 0.15) is 53.8 Å². The van der Waals surface area contributed by atoms with E-state index in [0.717, 1.165) is 30.6 Å². The smallest absolute Gasteiger partial charge is 0.271 e. The Morgan fingerprint density at radius 2 is 2.00 bits per heavy atom. The van der Waals surface area contributed by atoms with Crippen LogP contribution in [0.3, 0.4) is 0 Å². The van der Waals surface area contributed by atoms with Crippen LogP contribution in [0.25, 0.3) is 0 Å². The number of piperidine rings is 1. The molecule has 1 aromatic heterocycles. The molecular formula is C17H27N5O2. The number of amides is 2. The van der Waals surface area contributed by atoms with Gasteiger partial charge in [-0.25, -0.2) is 0 Å². The average molecular weight is 333 g/mol. The summed E-state index contributed by atoms with van der Waals surface area (Å²) in [7, 11) is 1.59. The Bertz CT molecular complexity index is 592. The monoisotopic (exact) mass is 333 g/mol. The number of hydrogen-bond donors (Lipinski definition) is 2. The highest BCUT2D eigenvalue weighted by molar-refractivity contribution is 5.94. The molecule has 2 aliphatic rings. The Hall–Kier alpha value is -1.89. The van der Waals surface area contributed by atoms with E-state index in [1.807, 2.05) is 4.90 Å². The minimum atomic E-state index is -0.202. The lowest BCUT2D eigenvalue weighted by Crippen LogP contribution is -2.37. The Kier molecular flexibility index (Phi) is 5.50. The van der Waals surface area contributed by atoms with Crippen LogP contribution in [-0.4, -0.2) is 65.0 Å². The SMILES string of the molecule is CNC(=O)c1n[nH]c2c1CN(C(=O)CCCN1CCCCC1)CC2. The molecule has 1 saturated heterocycles. The van der Waals surface area contributed by atoms with Gasteiger partial charge >= 0.3 is 0 Å². The van der Waals surface area contributed by atoms with E-state index in [1.54, 1.807) is 7.05 Å². The lowest BCUT2D eigenvalue weighted by molar-refractivity contribution is -0.132. The zero-order valence-electron chi connectivity index (χ0n) is 14.4. The number of aromatic nitrogens is 2. The van der Waals surface area contributed by atoms with Crippen molar-refractivity contribution in [2.75, 3.05) is 33.2 Å². The average Bonchev–Trinajstić information content (AvgIpc) is 3.05. The normalized spacial score (nSPS) is 18.3. The van der Waals surface area contributed by atoms with Crippen molar-refractivity contribution in [2.45, 2.75) is 45.1 Å².